The Morgan fingerprint density at radius 3 is 2.10 bits per heavy atom. The molecule has 4 rings (SSSR count). The van der Waals surface area contributed by atoms with Gasteiger partial charge in [-0.1, -0.05) is 59.9 Å². The Morgan fingerprint density at radius 2 is 1.60 bits per heavy atom. The van der Waals surface area contributed by atoms with Crippen molar-refractivity contribution in [3.05, 3.63) is 59.7 Å². The number of aliphatic hydroxyl groups is 1. The third-order valence-corrected chi connectivity index (χ3v) is 11.6. The van der Waals surface area contributed by atoms with Gasteiger partial charge in [0.25, 0.3) is 10.0 Å². The summed E-state index contributed by atoms with van der Waals surface area (Å²) in [6.07, 6.45) is 2.44. The van der Waals surface area contributed by atoms with Crippen molar-refractivity contribution in [1.29, 1.82) is 0 Å². The summed E-state index contributed by atoms with van der Waals surface area (Å²) >= 11 is 0. The van der Waals surface area contributed by atoms with E-state index in [1.165, 1.54) is 0 Å². The Balaban J connectivity index is 1.81. The molecule has 4 atom stereocenters. The number of hydrogen-bond donors (Lipinski definition) is 1. The summed E-state index contributed by atoms with van der Waals surface area (Å²) in [6, 6.07) is 14.9. The van der Waals surface area contributed by atoms with E-state index in [4.69, 9.17) is 0 Å². The minimum Gasteiger partial charge on any atom is -0.392 e. The van der Waals surface area contributed by atoms with E-state index in [0.29, 0.717) is 11.7 Å². The van der Waals surface area contributed by atoms with E-state index in [0.717, 1.165) is 35.3 Å². The average molecular weight is 446 g/mol. The molecule has 0 aromatic heterocycles. The minimum absolute atomic E-state index is 0.0223. The van der Waals surface area contributed by atoms with Crippen LogP contribution in [-0.4, -0.2) is 25.4 Å². The van der Waals surface area contributed by atoms with E-state index in [2.05, 4.69) is 17.6 Å². The topological polar surface area (TPSA) is 66.7 Å². The Bertz CT molecular complexity index is 1070. The van der Waals surface area contributed by atoms with Crippen LogP contribution in [0.5, 0.6) is 0 Å². The van der Waals surface area contributed by atoms with E-state index >= 15 is 0 Å². The fourth-order valence-corrected chi connectivity index (χ4v) is 9.48. The fraction of sp³-hybridized carbons (Fsp3) is 0.500. The van der Waals surface area contributed by atoms with Crippen LogP contribution < -0.4 is 0 Å². The lowest BCUT2D eigenvalue weighted by Gasteiger charge is -2.41. The van der Waals surface area contributed by atoms with Gasteiger partial charge in [-0.3, -0.25) is 0 Å². The Morgan fingerprint density at radius 1 is 1.03 bits per heavy atom. The summed E-state index contributed by atoms with van der Waals surface area (Å²) < 4.78 is 30.9. The van der Waals surface area contributed by atoms with E-state index in [1.807, 2.05) is 38.1 Å². The molecule has 2 aliphatic rings. The molecular formula is C24H31NO3S2. The van der Waals surface area contributed by atoms with Gasteiger partial charge in [0.1, 0.15) is 0 Å². The van der Waals surface area contributed by atoms with Crippen molar-refractivity contribution >= 4 is 20.7 Å². The summed E-state index contributed by atoms with van der Waals surface area (Å²) in [6.45, 7) is 8.44. The lowest BCUT2D eigenvalue weighted by Crippen LogP contribution is -2.43. The molecule has 2 aromatic rings. The van der Waals surface area contributed by atoms with Crippen LogP contribution in [0.4, 0.5) is 0 Å². The molecule has 2 aromatic carbocycles. The van der Waals surface area contributed by atoms with Crippen LogP contribution in [0.15, 0.2) is 62.1 Å². The standard InChI is InChI=1S/C24H31NO3S2/c1-17-5-9-20(10-6-17)29(25-30(27,28)21-11-7-18(2)8-12-21)16-24-14-13-19(15-22(24)26)23(24,3)4/h5-12,19,22,26H,13-16H2,1-4H3/t19-,22-,24-,29?/m1/s1. The maximum atomic E-state index is 13.2. The van der Waals surface area contributed by atoms with E-state index in [9.17, 15) is 13.5 Å². The second-order valence-electron chi connectivity index (χ2n) is 9.55. The first kappa shape index (κ1) is 21.7. The van der Waals surface area contributed by atoms with Crippen molar-refractivity contribution in [2.24, 2.45) is 20.5 Å². The molecule has 2 saturated carbocycles. The third-order valence-electron chi connectivity index (χ3n) is 7.58. The zero-order valence-electron chi connectivity index (χ0n) is 18.1. The lowest BCUT2D eigenvalue weighted by molar-refractivity contribution is 0.0164. The molecule has 0 radical (unpaired) electrons. The highest BCUT2D eigenvalue weighted by Crippen LogP contribution is 2.66. The van der Waals surface area contributed by atoms with Gasteiger partial charge in [0.2, 0.25) is 0 Å². The van der Waals surface area contributed by atoms with Gasteiger partial charge in [0, 0.05) is 16.1 Å². The number of nitrogens with zero attached hydrogens (tertiary/aromatic N) is 1. The van der Waals surface area contributed by atoms with Crippen LogP contribution >= 0.6 is 0 Å². The second kappa shape index (κ2) is 7.57. The van der Waals surface area contributed by atoms with Gasteiger partial charge < -0.3 is 5.11 Å². The van der Waals surface area contributed by atoms with Gasteiger partial charge in [0.15, 0.2) is 0 Å². The summed E-state index contributed by atoms with van der Waals surface area (Å²) in [7, 11) is -4.66. The smallest absolute Gasteiger partial charge is 0.288 e. The molecule has 0 heterocycles. The Labute approximate surface area is 182 Å². The first-order chi connectivity index (χ1) is 14.0. The molecule has 0 amide bonds. The molecule has 0 spiro atoms. The van der Waals surface area contributed by atoms with E-state index < -0.39 is 26.8 Å². The van der Waals surface area contributed by atoms with Crippen LogP contribution in [0.3, 0.4) is 0 Å². The summed E-state index contributed by atoms with van der Waals surface area (Å²) in [5.74, 6) is 1.07. The van der Waals surface area contributed by atoms with Crippen molar-refractivity contribution in [1.82, 2.24) is 0 Å². The number of fused-ring (bicyclic) bond motifs is 2. The van der Waals surface area contributed by atoms with Crippen molar-refractivity contribution < 1.29 is 13.5 Å². The maximum Gasteiger partial charge on any atom is 0.288 e. The number of benzene rings is 2. The molecule has 30 heavy (non-hydrogen) atoms. The maximum absolute atomic E-state index is 13.2. The largest absolute Gasteiger partial charge is 0.392 e. The second-order valence-corrected chi connectivity index (χ2v) is 13.1. The molecule has 162 valence electrons. The van der Waals surface area contributed by atoms with Crippen LogP contribution in [0, 0.1) is 30.6 Å². The highest BCUT2D eigenvalue weighted by atomic mass is 32.3. The molecule has 2 aliphatic carbocycles. The molecule has 1 N–H and O–H groups in total. The molecule has 0 aliphatic heterocycles. The summed E-state index contributed by atoms with van der Waals surface area (Å²) in [4.78, 5) is 1.15. The van der Waals surface area contributed by atoms with Gasteiger partial charge in [-0.25, -0.2) is 0 Å². The quantitative estimate of drug-likeness (QED) is 0.701. The van der Waals surface area contributed by atoms with Crippen molar-refractivity contribution in [3.8, 4) is 0 Å². The Hall–Kier alpha value is -1.50. The van der Waals surface area contributed by atoms with Gasteiger partial charge in [-0.15, -0.1) is 3.77 Å². The van der Waals surface area contributed by atoms with Crippen LogP contribution in [0.1, 0.15) is 44.2 Å². The first-order valence-electron chi connectivity index (χ1n) is 10.6. The number of sulfonamides is 1. The molecule has 2 fully saturated rings. The number of aryl methyl sites for hydroxylation is 2. The SMILES string of the molecule is Cc1ccc(/S(C[C@]23CC[C@H](C[C@H]2O)C3(C)C)=N\S(=O)(=O)c2ccc(C)cc2)cc1. The lowest BCUT2D eigenvalue weighted by atomic mass is 9.70. The van der Waals surface area contributed by atoms with Crippen LogP contribution in [-0.2, 0) is 20.7 Å². The molecule has 1 unspecified atom stereocenters. The van der Waals surface area contributed by atoms with Crippen molar-refractivity contribution in [2.75, 3.05) is 5.75 Å². The number of hydrogen-bond acceptors (Lipinski definition) is 3. The Kier molecular flexibility index (Phi) is 5.48. The van der Waals surface area contributed by atoms with E-state index in [1.54, 1.807) is 24.3 Å². The predicted octanol–water partition coefficient (Wildman–Crippen LogP) is 5.04. The van der Waals surface area contributed by atoms with Crippen molar-refractivity contribution in [2.45, 2.75) is 62.9 Å². The summed E-state index contributed by atoms with van der Waals surface area (Å²) in [5, 5.41) is 11.0. The van der Waals surface area contributed by atoms with Crippen molar-refractivity contribution in [3.63, 3.8) is 0 Å². The zero-order valence-corrected chi connectivity index (χ0v) is 19.8. The highest BCUT2D eigenvalue weighted by molar-refractivity contribution is 8.00. The molecule has 4 nitrogen and oxygen atoms in total. The molecular weight excluding hydrogens is 414 g/mol. The van der Waals surface area contributed by atoms with Gasteiger partial charge in [0.05, 0.1) is 11.0 Å². The van der Waals surface area contributed by atoms with Gasteiger partial charge in [-0.05, 0) is 68.7 Å². The predicted molar refractivity (Wildman–Crippen MR) is 122 cm³/mol. The minimum atomic E-state index is -3.80. The van der Waals surface area contributed by atoms with Gasteiger partial charge >= 0.3 is 0 Å². The molecule has 6 heteroatoms. The third kappa shape index (κ3) is 3.57. The first-order valence-corrected chi connectivity index (χ1v) is 13.3. The zero-order chi connectivity index (χ0) is 21.7. The molecule has 2 bridgehead atoms. The average Bonchev–Trinajstić information content (AvgIpc) is 3.03. The monoisotopic (exact) mass is 445 g/mol. The molecule has 0 saturated heterocycles. The normalized spacial score (nSPS) is 28.7. The fourth-order valence-electron chi connectivity index (χ4n) is 5.34. The van der Waals surface area contributed by atoms with Gasteiger partial charge in [-0.2, -0.15) is 8.42 Å². The number of aliphatic hydroxyl groups excluding tert-OH is 1. The summed E-state index contributed by atoms with van der Waals surface area (Å²) in [5.41, 5.74) is 1.82. The van der Waals surface area contributed by atoms with Crippen LogP contribution in [0.2, 0.25) is 0 Å². The number of rotatable bonds is 5. The van der Waals surface area contributed by atoms with Crippen LogP contribution in [0.25, 0.3) is 0 Å². The van der Waals surface area contributed by atoms with E-state index in [-0.39, 0.29) is 15.7 Å². The highest BCUT2D eigenvalue weighted by Gasteiger charge is 2.63.